The number of halogens is 2. The summed E-state index contributed by atoms with van der Waals surface area (Å²) >= 11 is 12.2. The highest BCUT2D eigenvalue weighted by Gasteiger charge is 2.24. The molecule has 1 saturated heterocycles. The molecule has 0 spiro atoms. The Kier molecular flexibility index (Phi) is 5.77. The lowest BCUT2D eigenvalue weighted by Crippen LogP contribution is -2.42. The maximum Gasteiger partial charge on any atom is 0.414 e. The fourth-order valence-corrected chi connectivity index (χ4v) is 3.71. The lowest BCUT2D eigenvalue weighted by molar-refractivity contribution is 0.0693. The van der Waals surface area contributed by atoms with Crippen molar-refractivity contribution in [1.82, 2.24) is 9.13 Å². The van der Waals surface area contributed by atoms with Crippen LogP contribution in [0.5, 0.6) is 0 Å². The first-order valence-electron chi connectivity index (χ1n) is 9.35. The van der Waals surface area contributed by atoms with Crippen molar-refractivity contribution in [2.24, 2.45) is 0 Å². The molecule has 3 aromatic rings. The number of nitrogens with zero attached hydrogens (tertiary/aromatic N) is 3. The second kappa shape index (κ2) is 8.52. The monoisotopic (exact) mass is 475 g/mol. The number of carbonyl (C=O) groups excluding carboxylic acids is 1. The normalized spacial score (nSPS) is 13.3. The van der Waals surface area contributed by atoms with Crippen LogP contribution in [-0.2, 0) is 11.3 Å². The number of amides is 1. The van der Waals surface area contributed by atoms with Gasteiger partial charge in [-0.1, -0.05) is 35.3 Å². The summed E-state index contributed by atoms with van der Waals surface area (Å²) in [5.41, 5.74) is -1.07. The van der Waals surface area contributed by atoms with E-state index in [1.165, 1.54) is 17.0 Å². The highest BCUT2D eigenvalue weighted by Crippen LogP contribution is 2.26. The Balaban J connectivity index is 1.81. The van der Waals surface area contributed by atoms with Gasteiger partial charge in [-0.3, -0.25) is 18.8 Å². The van der Waals surface area contributed by atoms with Crippen LogP contribution in [0.2, 0.25) is 10.0 Å². The predicted octanol–water partition coefficient (Wildman–Crippen LogP) is 3.01. The van der Waals surface area contributed by atoms with Crippen molar-refractivity contribution in [1.29, 1.82) is 0 Å². The van der Waals surface area contributed by atoms with Crippen LogP contribution >= 0.6 is 23.2 Å². The molecule has 4 rings (SSSR count). The van der Waals surface area contributed by atoms with Crippen LogP contribution in [-0.4, -0.2) is 39.5 Å². The van der Waals surface area contributed by atoms with Gasteiger partial charge in [0.05, 0.1) is 28.8 Å². The molecule has 0 radical (unpaired) electrons. The zero-order chi connectivity index (χ0) is 23.0. The van der Waals surface area contributed by atoms with Crippen LogP contribution in [0.3, 0.4) is 0 Å². The van der Waals surface area contributed by atoms with Crippen LogP contribution in [0.1, 0.15) is 15.9 Å². The molecule has 164 valence electrons. The molecule has 1 fully saturated rings. The van der Waals surface area contributed by atoms with Crippen molar-refractivity contribution >= 4 is 41.0 Å². The fourth-order valence-electron chi connectivity index (χ4n) is 3.34. The average Bonchev–Trinajstić information content (AvgIpc) is 3.20. The minimum Gasteiger partial charge on any atom is -0.477 e. The number of carboxylic acid groups (broad SMARTS) is 1. The second-order valence-corrected chi connectivity index (χ2v) is 7.67. The fraction of sp³-hybridized carbons (Fsp3) is 0.143. The van der Waals surface area contributed by atoms with Crippen LogP contribution in [0.15, 0.2) is 58.3 Å². The number of anilines is 1. The van der Waals surface area contributed by atoms with E-state index in [1.807, 2.05) is 0 Å². The molecular weight excluding hydrogens is 461 g/mol. The van der Waals surface area contributed by atoms with Gasteiger partial charge in [0.15, 0.2) is 0 Å². The number of aromatic carboxylic acids is 1. The molecule has 2 heterocycles. The Bertz CT molecular complexity index is 1350. The standard InChI is InChI=1S/C21H15Cl2N3O6/c22-16-3-1-2-12(17(16)23)10-26-18(27)15(19(28)29)11-25(20(26)30)14-6-4-13(5-7-14)24-8-9-32-21(24)31/h1-7,11H,8-10H2,(H,28,29). The maximum atomic E-state index is 13.1. The smallest absolute Gasteiger partial charge is 0.414 e. The average molecular weight is 476 g/mol. The summed E-state index contributed by atoms with van der Waals surface area (Å²) in [6.45, 7) is 0.404. The molecule has 0 saturated carbocycles. The van der Waals surface area contributed by atoms with Crippen LogP contribution in [0, 0.1) is 0 Å². The van der Waals surface area contributed by atoms with Gasteiger partial charge in [-0.15, -0.1) is 0 Å². The van der Waals surface area contributed by atoms with Gasteiger partial charge in [0.1, 0.15) is 12.2 Å². The number of benzene rings is 2. The Hall–Kier alpha value is -3.56. The molecule has 9 nitrogen and oxygen atoms in total. The first-order valence-corrected chi connectivity index (χ1v) is 10.1. The number of ether oxygens (including phenoxy) is 1. The van der Waals surface area contributed by atoms with E-state index >= 15 is 0 Å². The van der Waals surface area contributed by atoms with Gasteiger partial charge in [0, 0.05) is 11.9 Å². The van der Waals surface area contributed by atoms with Gasteiger partial charge in [0.2, 0.25) is 0 Å². The summed E-state index contributed by atoms with van der Waals surface area (Å²) in [6, 6.07) is 11.0. The molecule has 1 aliphatic heterocycles. The zero-order valence-electron chi connectivity index (χ0n) is 16.3. The Morgan fingerprint density at radius 2 is 1.72 bits per heavy atom. The van der Waals surface area contributed by atoms with Gasteiger partial charge in [-0.05, 0) is 35.9 Å². The van der Waals surface area contributed by atoms with Gasteiger partial charge in [0.25, 0.3) is 5.56 Å². The molecule has 0 unspecified atom stereocenters. The highest BCUT2D eigenvalue weighted by atomic mass is 35.5. The van der Waals surface area contributed by atoms with E-state index in [0.717, 1.165) is 15.3 Å². The van der Waals surface area contributed by atoms with E-state index in [4.69, 9.17) is 27.9 Å². The molecular formula is C21H15Cl2N3O6. The number of cyclic esters (lactones) is 1. The zero-order valence-corrected chi connectivity index (χ0v) is 17.8. The number of hydrogen-bond acceptors (Lipinski definition) is 5. The van der Waals surface area contributed by atoms with Gasteiger partial charge < -0.3 is 9.84 Å². The first kappa shape index (κ1) is 21.7. The number of carbonyl (C=O) groups is 2. The highest BCUT2D eigenvalue weighted by molar-refractivity contribution is 6.42. The van der Waals surface area contributed by atoms with E-state index < -0.39 is 28.9 Å². The van der Waals surface area contributed by atoms with Crippen molar-refractivity contribution in [3.05, 3.63) is 90.7 Å². The second-order valence-electron chi connectivity index (χ2n) is 6.89. The Morgan fingerprint density at radius 1 is 1.03 bits per heavy atom. The number of rotatable bonds is 5. The summed E-state index contributed by atoms with van der Waals surface area (Å²) in [6.07, 6.45) is 0.498. The molecule has 1 aromatic heterocycles. The summed E-state index contributed by atoms with van der Waals surface area (Å²) in [5.74, 6) is -1.48. The summed E-state index contributed by atoms with van der Waals surface area (Å²) in [7, 11) is 0. The minimum absolute atomic E-state index is 0.162. The van der Waals surface area contributed by atoms with Gasteiger partial charge in [-0.2, -0.15) is 0 Å². The van der Waals surface area contributed by atoms with Gasteiger partial charge in [-0.25, -0.2) is 14.4 Å². The molecule has 1 aliphatic rings. The molecule has 2 aromatic carbocycles. The van der Waals surface area contributed by atoms with Crippen molar-refractivity contribution in [3.8, 4) is 5.69 Å². The molecule has 0 bridgehead atoms. The van der Waals surface area contributed by atoms with Gasteiger partial charge >= 0.3 is 17.8 Å². The van der Waals surface area contributed by atoms with Crippen molar-refractivity contribution in [3.63, 3.8) is 0 Å². The maximum absolute atomic E-state index is 13.1. The Labute approximate surface area is 190 Å². The lowest BCUT2D eigenvalue weighted by Gasteiger charge is -2.15. The van der Waals surface area contributed by atoms with E-state index in [0.29, 0.717) is 23.5 Å². The Morgan fingerprint density at radius 3 is 2.34 bits per heavy atom. The van der Waals surface area contributed by atoms with Crippen molar-refractivity contribution < 1.29 is 19.4 Å². The summed E-state index contributed by atoms with van der Waals surface area (Å²) in [5, 5.41) is 9.90. The molecule has 0 aliphatic carbocycles. The quantitative estimate of drug-likeness (QED) is 0.606. The molecule has 32 heavy (non-hydrogen) atoms. The van der Waals surface area contributed by atoms with Crippen LogP contribution in [0.4, 0.5) is 10.5 Å². The summed E-state index contributed by atoms with van der Waals surface area (Å²) in [4.78, 5) is 50.7. The lowest BCUT2D eigenvalue weighted by atomic mass is 10.2. The van der Waals surface area contributed by atoms with Crippen molar-refractivity contribution in [2.45, 2.75) is 6.54 Å². The topological polar surface area (TPSA) is 111 Å². The van der Waals surface area contributed by atoms with E-state index in [1.54, 1.807) is 30.3 Å². The van der Waals surface area contributed by atoms with E-state index in [9.17, 15) is 24.3 Å². The molecule has 11 heteroatoms. The van der Waals surface area contributed by atoms with Crippen molar-refractivity contribution in [2.75, 3.05) is 18.1 Å². The SMILES string of the molecule is O=C(O)c1cn(-c2ccc(N3CCOC3=O)cc2)c(=O)n(Cc2cccc(Cl)c2Cl)c1=O. The molecule has 1 N–H and O–H groups in total. The third kappa shape index (κ3) is 3.88. The first-order chi connectivity index (χ1) is 15.3. The van der Waals surface area contributed by atoms with Crippen LogP contribution in [0.25, 0.3) is 5.69 Å². The predicted molar refractivity (Wildman–Crippen MR) is 118 cm³/mol. The summed E-state index contributed by atoms with van der Waals surface area (Å²) < 4.78 is 6.74. The molecule has 0 atom stereocenters. The number of aromatic nitrogens is 2. The number of carboxylic acids is 1. The molecule has 1 amide bonds. The third-order valence-electron chi connectivity index (χ3n) is 4.96. The number of hydrogen-bond donors (Lipinski definition) is 1. The minimum atomic E-state index is -1.48. The van der Waals surface area contributed by atoms with E-state index in [-0.39, 0.29) is 23.2 Å². The van der Waals surface area contributed by atoms with E-state index in [2.05, 4.69) is 0 Å². The largest absolute Gasteiger partial charge is 0.477 e. The third-order valence-corrected chi connectivity index (χ3v) is 5.82. The van der Waals surface area contributed by atoms with Crippen LogP contribution < -0.4 is 16.1 Å².